The standard InChI is InChI=1S/C27H27ClN2O6/c1-17-25(27(33)34-2)23(26(32)30(17)20-6-3-5-19(28)14-20)13-18-8-10-21(11-9-18)36-16-24(31)29-15-22-7-4-12-35-22/h3,5-6,8-11,13-14,22H,4,7,12,15-16H2,1-2H3,(H,29,31)/b23-13-. The average molecular weight is 511 g/mol. The molecule has 0 bridgehead atoms. The second-order valence-corrected chi connectivity index (χ2v) is 8.86. The normalized spacial score (nSPS) is 18.6. The number of esters is 1. The maximum Gasteiger partial charge on any atom is 0.340 e. The third kappa shape index (κ3) is 5.78. The van der Waals surface area contributed by atoms with Crippen molar-refractivity contribution in [2.45, 2.75) is 25.9 Å². The Labute approximate surface area is 214 Å². The fraction of sp³-hybridized carbons (Fsp3) is 0.296. The van der Waals surface area contributed by atoms with Gasteiger partial charge in [0.05, 0.1) is 30.0 Å². The lowest BCUT2D eigenvalue weighted by Gasteiger charge is -2.18. The van der Waals surface area contributed by atoms with Gasteiger partial charge in [-0.25, -0.2) is 4.79 Å². The molecule has 1 unspecified atom stereocenters. The molecule has 1 saturated heterocycles. The summed E-state index contributed by atoms with van der Waals surface area (Å²) in [7, 11) is 1.27. The van der Waals surface area contributed by atoms with E-state index in [0.717, 1.165) is 19.4 Å². The highest BCUT2D eigenvalue weighted by Crippen LogP contribution is 2.36. The summed E-state index contributed by atoms with van der Waals surface area (Å²) in [5, 5.41) is 3.28. The highest BCUT2D eigenvalue weighted by molar-refractivity contribution is 6.31. The van der Waals surface area contributed by atoms with Gasteiger partial charge in [0.25, 0.3) is 11.8 Å². The number of ether oxygens (including phenoxy) is 3. The molecule has 4 rings (SSSR count). The molecule has 1 atom stereocenters. The molecule has 0 radical (unpaired) electrons. The van der Waals surface area contributed by atoms with Gasteiger partial charge in [0.2, 0.25) is 0 Å². The molecular weight excluding hydrogens is 484 g/mol. The van der Waals surface area contributed by atoms with Crippen LogP contribution in [-0.4, -0.2) is 50.8 Å². The second-order valence-electron chi connectivity index (χ2n) is 8.43. The number of anilines is 1. The smallest absolute Gasteiger partial charge is 0.340 e. The zero-order valence-corrected chi connectivity index (χ0v) is 20.8. The summed E-state index contributed by atoms with van der Waals surface area (Å²) < 4.78 is 16.0. The van der Waals surface area contributed by atoms with Crippen molar-refractivity contribution >= 4 is 41.1 Å². The van der Waals surface area contributed by atoms with E-state index in [4.69, 9.17) is 25.8 Å². The Morgan fingerprint density at radius 3 is 2.67 bits per heavy atom. The van der Waals surface area contributed by atoms with Gasteiger partial charge in [-0.05, 0) is 61.7 Å². The van der Waals surface area contributed by atoms with Crippen LogP contribution >= 0.6 is 11.6 Å². The van der Waals surface area contributed by atoms with Crippen molar-refractivity contribution in [3.8, 4) is 5.75 Å². The largest absolute Gasteiger partial charge is 0.484 e. The van der Waals surface area contributed by atoms with Crippen LogP contribution in [0.15, 0.2) is 65.4 Å². The predicted molar refractivity (Wildman–Crippen MR) is 136 cm³/mol. The number of carbonyl (C=O) groups is 3. The Kier molecular flexibility index (Phi) is 8.07. The summed E-state index contributed by atoms with van der Waals surface area (Å²) >= 11 is 6.12. The van der Waals surface area contributed by atoms with Gasteiger partial charge in [-0.3, -0.25) is 14.5 Å². The monoisotopic (exact) mass is 510 g/mol. The van der Waals surface area contributed by atoms with Gasteiger partial charge >= 0.3 is 5.97 Å². The quantitative estimate of drug-likeness (QED) is 0.428. The summed E-state index contributed by atoms with van der Waals surface area (Å²) in [5.41, 5.74) is 2.08. The third-order valence-corrected chi connectivity index (χ3v) is 6.20. The number of amides is 2. The maximum atomic E-state index is 13.4. The first kappa shape index (κ1) is 25.5. The SMILES string of the molecule is COC(=O)C1=C(C)N(c2cccc(Cl)c2)C(=O)/C1=C\c1ccc(OCC(=O)NCC2CCCO2)cc1. The van der Waals surface area contributed by atoms with Gasteiger partial charge in [-0.1, -0.05) is 29.8 Å². The minimum absolute atomic E-state index is 0.0712. The van der Waals surface area contributed by atoms with Gasteiger partial charge in [-0.15, -0.1) is 0 Å². The van der Waals surface area contributed by atoms with Gasteiger partial charge in [-0.2, -0.15) is 0 Å². The van der Waals surface area contributed by atoms with Crippen LogP contribution in [0.4, 0.5) is 5.69 Å². The number of halogens is 1. The van der Waals surface area contributed by atoms with Crippen LogP contribution < -0.4 is 15.0 Å². The molecule has 1 fully saturated rings. The number of hydrogen-bond donors (Lipinski definition) is 1. The molecule has 188 valence electrons. The van der Waals surface area contributed by atoms with Crippen molar-refractivity contribution in [2.75, 3.05) is 31.8 Å². The Bertz CT molecular complexity index is 1220. The molecule has 0 aromatic heterocycles. The number of carbonyl (C=O) groups excluding carboxylic acids is 3. The van der Waals surface area contributed by atoms with Crippen molar-refractivity contribution in [3.63, 3.8) is 0 Å². The van der Waals surface area contributed by atoms with Crippen molar-refractivity contribution in [1.82, 2.24) is 5.32 Å². The van der Waals surface area contributed by atoms with E-state index in [1.165, 1.54) is 12.0 Å². The average Bonchev–Trinajstić information content (AvgIpc) is 3.48. The maximum absolute atomic E-state index is 13.4. The van der Waals surface area contributed by atoms with Crippen LogP contribution in [0.3, 0.4) is 0 Å². The topological polar surface area (TPSA) is 94.2 Å². The zero-order chi connectivity index (χ0) is 25.7. The second kappa shape index (κ2) is 11.4. The molecule has 36 heavy (non-hydrogen) atoms. The van der Waals surface area contributed by atoms with Gasteiger partial charge in [0.1, 0.15) is 5.75 Å². The first-order chi connectivity index (χ1) is 17.4. The molecule has 2 heterocycles. The fourth-order valence-corrected chi connectivity index (χ4v) is 4.35. The number of allylic oxidation sites excluding steroid dienone is 1. The van der Waals surface area contributed by atoms with Gasteiger partial charge in [0.15, 0.2) is 6.61 Å². The lowest BCUT2D eigenvalue weighted by atomic mass is 10.0. The Morgan fingerprint density at radius 1 is 1.22 bits per heavy atom. The molecule has 0 aliphatic carbocycles. The molecule has 8 nitrogen and oxygen atoms in total. The van der Waals surface area contributed by atoms with E-state index in [2.05, 4.69) is 5.32 Å². The summed E-state index contributed by atoms with van der Waals surface area (Å²) in [6.07, 6.45) is 3.66. The highest BCUT2D eigenvalue weighted by atomic mass is 35.5. The number of nitrogens with zero attached hydrogens (tertiary/aromatic N) is 1. The van der Waals surface area contributed by atoms with Crippen molar-refractivity contribution in [3.05, 3.63) is 76.0 Å². The molecule has 2 aromatic rings. The summed E-state index contributed by atoms with van der Waals surface area (Å²) in [6, 6.07) is 13.7. The number of hydrogen-bond acceptors (Lipinski definition) is 6. The summed E-state index contributed by atoms with van der Waals surface area (Å²) in [4.78, 5) is 39.4. The van der Waals surface area contributed by atoms with Crippen LogP contribution in [0.5, 0.6) is 5.75 Å². The van der Waals surface area contributed by atoms with E-state index in [1.807, 2.05) is 0 Å². The van der Waals surface area contributed by atoms with Crippen LogP contribution in [0.25, 0.3) is 6.08 Å². The fourth-order valence-electron chi connectivity index (χ4n) is 4.17. The van der Waals surface area contributed by atoms with Crippen LogP contribution in [0.1, 0.15) is 25.3 Å². The first-order valence-electron chi connectivity index (χ1n) is 11.6. The van der Waals surface area contributed by atoms with Gasteiger partial charge in [0, 0.05) is 23.9 Å². The molecular formula is C27H27ClN2O6. The zero-order valence-electron chi connectivity index (χ0n) is 20.1. The van der Waals surface area contributed by atoms with E-state index in [1.54, 1.807) is 61.5 Å². The number of benzene rings is 2. The first-order valence-corrected chi connectivity index (χ1v) is 12.0. The van der Waals surface area contributed by atoms with E-state index in [9.17, 15) is 14.4 Å². The molecule has 9 heteroatoms. The lowest BCUT2D eigenvalue weighted by molar-refractivity contribution is -0.136. The van der Waals surface area contributed by atoms with E-state index in [-0.39, 0.29) is 35.7 Å². The molecule has 1 N–H and O–H groups in total. The number of nitrogens with one attached hydrogen (secondary N) is 1. The number of methoxy groups -OCH3 is 1. The Morgan fingerprint density at radius 2 is 2.00 bits per heavy atom. The van der Waals surface area contributed by atoms with Crippen molar-refractivity contribution in [2.24, 2.45) is 0 Å². The van der Waals surface area contributed by atoms with Crippen LogP contribution in [-0.2, 0) is 23.9 Å². The third-order valence-electron chi connectivity index (χ3n) is 5.97. The summed E-state index contributed by atoms with van der Waals surface area (Å²) in [5.74, 6) is -0.690. The Balaban J connectivity index is 1.47. The van der Waals surface area contributed by atoms with Gasteiger partial charge < -0.3 is 19.5 Å². The minimum Gasteiger partial charge on any atom is -0.484 e. The minimum atomic E-state index is -0.606. The molecule has 0 spiro atoms. The van der Waals surface area contributed by atoms with Crippen molar-refractivity contribution in [1.29, 1.82) is 0 Å². The van der Waals surface area contributed by atoms with Crippen molar-refractivity contribution < 1.29 is 28.6 Å². The summed E-state index contributed by atoms with van der Waals surface area (Å²) in [6.45, 7) is 2.78. The predicted octanol–water partition coefficient (Wildman–Crippen LogP) is 3.89. The molecule has 2 aliphatic rings. The molecule has 0 saturated carbocycles. The van der Waals surface area contributed by atoms with E-state index < -0.39 is 5.97 Å². The Hall–Kier alpha value is -3.62. The van der Waals surface area contributed by atoms with E-state index >= 15 is 0 Å². The molecule has 2 aliphatic heterocycles. The molecule has 2 amide bonds. The molecule has 2 aromatic carbocycles. The van der Waals surface area contributed by atoms with Crippen LogP contribution in [0.2, 0.25) is 5.02 Å². The highest BCUT2D eigenvalue weighted by Gasteiger charge is 2.38. The van der Waals surface area contributed by atoms with E-state index in [0.29, 0.717) is 34.3 Å². The number of rotatable bonds is 8. The lowest BCUT2D eigenvalue weighted by Crippen LogP contribution is -2.35. The van der Waals surface area contributed by atoms with Crippen LogP contribution in [0, 0.1) is 0 Å².